The number of ether oxygens (including phenoxy) is 1. The van der Waals surface area contributed by atoms with Crippen LogP contribution in [0.2, 0.25) is 0 Å². The molecule has 23 heavy (non-hydrogen) atoms. The second-order valence-electron chi connectivity index (χ2n) is 8.58. The third-order valence-corrected chi connectivity index (χ3v) is 7.88. The monoisotopic (exact) mass is 332 g/mol. The van der Waals surface area contributed by atoms with Crippen LogP contribution in [-0.2, 0) is 16.7 Å². The van der Waals surface area contributed by atoms with Gasteiger partial charge in [-0.1, -0.05) is 0 Å². The van der Waals surface area contributed by atoms with Gasteiger partial charge in [-0.3, -0.25) is 4.90 Å². The molecule has 4 bridgehead atoms. The second-order valence-corrected chi connectivity index (χ2v) is 9.44. The van der Waals surface area contributed by atoms with E-state index in [1.54, 1.807) is 0 Å². The summed E-state index contributed by atoms with van der Waals surface area (Å²) in [6, 6.07) is 0. The zero-order chi connectivity index (χ0) is 15.3. The van der Waals surface area contributed by atoms with Crippen LogP contribution in [-0.4, -0.2) is 36.2 Å². The van der Waals surface area contributed by atoms with Gasteiger partial charge in [-0.2, -0.15) is 0 Å². The van der Waals surface area contributed by atoms with Crippen molar-refractivity contribution in [3.63, 3.8) is 0 Å². The first kappa shape index (κ1) is 14.9. The highest BCUT2D eigenvalue weighted by Gasteiger charge is 2.52. The van der Waals surface area contributed by atoms with Crippen LogP contribution in [0.4, 0.5) is 0 Å². The summed E-state index contributed by atoms with van der Waals surface area (Å²) in [4.78, 5) is 7.68. The van der Waals surface area contributed by atoms with Gasteiger partial charge in [0.25, 0.3) is 0 Å². The second kappa shape index (κ2) is 5.82. The van der Waals surface area contributed by atoms with Crippen molar-refractivity contribution in [3.8, 4) is 0 Å². The lowest BCUT2D eigenvalue weighted by molar-refractivity contribution is -0.00537. The molecule has 6 rings (SSSR count). The Labute approximate surface area is 143 Å². The molecule has 2 heterocycles. The van der Waals surface area contributed by atoms with E-state index in [0.29, 0.717) is 5.41 Å². The summed E-state index contributed by atoms with van der Waals surface area (Å²) in [7, 11) is 0. The molecule has 0 atom stereocenters. The van der Waals surface area contributed by atoms with Crippen LogP contribution in [0.15, 0.2) is 5.38 Å². The maximum Gasteiger partial charge on any atom is 0.0991 e. The molecule has 3 nitrogen and oxygen atoms in total. The molecule has 0 unspecified atom stereocenters. The first-order chi connectivity index (χ1) is 11.3. The highest BCUT2D eigenvalue weighted by atomic mass is 32.1. The Kier molecular flexibility index (Phi) is 3.76. The average molecular weight is 333 g/mol. The third-order valence-electron chi connectivity index (χ3n) is 6.74. The topological polar surface area (TPSA) is 25.4 Å². The summed E-state index contributed by atoms with van der Waals surface area (Å²) >= 11 is 1.96. The van der Waals surface area contributed by atoms with Crippen LogP contribution in [0.1, 0.15) is 55.6 Å². The summed E-state index contributed by atoms with van der Waals surface area (Å²) in [6.45, 7) is 5.04. The minimum Gasteiger partial charge on any atom is -0.380 e. The van der Waals surface area contributed by atoms with Crippen LogP contribution in [0.5, 0.6) is 0 Å². The van der Waals surface area contributed by atoms with Crippen molar-refractivity contribution in [2.75, 3.05) is 26.3 Å². The molecule has 1 aliphatic heterocycles. The summed E-state index contributed by atoms with van der Waals surface area (Å²) in [5.74, 6) is 3.03. The van der Waals surface area contributed by atoms with Crippen molar-refractivity contribution in [1.29, 1.82) is 0 Å². The quantitative estimate of drug-likeness (QED) is 0.841. The van der Waals surface area contributed by atoms with E-state index in [4.69, 9.17) is 9.72 Å². The van der Waals surface area contributed by atoms with Crippen molar-refractivity contribution in [2.45, 2.75) is 56.9 Å². The van der Waals surface area contributed by atoms with Gasteiger partial charge >= 0.3 is 0 Å². The van der Waals surface area contributed by atoms with E-state index in [2.05, 4.69) is 10.3 Å². The van der Waals surface area contributed by atoms with Crippen LogP contribution < -0.4 is 0 Å². The summed E-state index contributed by atoms with van der Waals surface area (Å²) in [5, 5.41) is 3.83. The fourth-order valence-electron chi connectivity index (χ4n) is 6.18. The standard InChI is InChI=1S/C19H28N2OS/c1-2-21(3-5-22-4-1)12-17-13-23-18(20-17)19-9-14-6-15(10-19)8-16(7-14)11-19/h13-16H,1-12H2. The molecule has 1 aromatic heterocycles. The molecule has 1 saturated heterocycles. The van der Waals surface area contributed by atoms with Gasteiger partial charge in [0, 0.05) is 37.0 Å². The number of hydrogen-bond donors (Lipinski definition) is 0. The molecule has 0 amide bonds. The lowest BCUT2D eigenvalue weighted by Gasteiger charge is -2.56. The summed E-state index contributed by atoms with van der Waals surface area (Å²) < 4.78 is 5.57. The van der Waals surface area contributed by atoms with Crippen molar-refractivity contribution < 1.29 is 4.74 Å². The van der Waals surface area contributed by atoms with Crippen LogP contribution in [0.3, 0.4) is 0 Å². The Morgan fingerprint density at radius 1 is 1.09 bits per heavy atom. The van der Waals surface area contributed by atoms with Crippen LogP contribution in [0, 0.1) is 17.8 Å². The smallest absolute Gasteiger partial charge is 0.0991 e. The highest BCUT2D eigenvalue weighted by molar-refractivity contribution is 7.09. The first-order valence-corrected chi connectivity index (χ1v) is 10.4. The molecule has 0 radical (unpaired) electrons. The summed E-state index contributed by atoms with van der Waals surface area (Å²) in [6.07, 6.45) is 10.0. The average Bonchev–Trinajstić information content (AvgIpc) is 2.84. The minimum absolute atomic E-state index is 0.472. The molecule has 0 spiro atoms. The van der Waals surface area contributed by atoms with E-state index in [1.807, 2.05) is 11.3 Å². The SMILES string of the molecule is c1sc(C23CC4CC(CC(C4)C2)C3)nc1CN1CCCOCC1. The molecule has 0 N–H and O–H groups in total. The molecule has 126 valence electrons. The Bertz CT molecular complexity index is 526. The Hall–Kier alpha value is -0.450. The van der Waals surface area contributed by atoms with Gasteiger partial charge in [-0.15, -0.1) is 11.3 Å². The molecule has 4 aliphatic carbocycles. The van der Waals surface area contributed by atoms with Gasteiger partial charge in [0.1, 0.15) is 0 Å². The van der Waals surface area contributed by atoms with E-state index in [1.165, 1.54) is 49.2 Å². The Balaban J connectivity index is 1.33. The fourth-order valence-corrected chi connectivity index (χ4v) is 7.23. The van der Waals surface area contributed by atoms with Crippen LogP contribution >= 0.6 is 11.3 Å². The summed E-state index contributed by atoms with van der Waals surface area (Å²) in [5.41, 5.74) is 1.78. The van der Waals surface area contributed by atoms with E-state index in [0.717, 1.165) is 57.0 Å². The number of aromatic nitrogens is 1. The van der Waals surface area contributed by atoms with Crippen molar-refractivity contribution in [3.05, 3.63) is 16.1 Å². The molecule has 5 aliphatic rings. The molecule has 4 saturated carbocycles. The minimum atomic E-state index is 0.472. The lowest BCUT2D eigenvalue weighted by atomic mass is 9.50. The van der Waals surface area contributed by atoms with Crippen molar-refractivity contribution in [2.24, 2.45) is 17.8 Å². The zero-order valence-electron chi connectivity index (χ0n) is 14.0. The van der Waals surface area contributed by atoms with Gasteiger partial charge in [-0.25, -0.2) is 4.98 Å². The van der Waals surface area contributed by atoms with Gasteiger partial charge in [-0.05, 0) is 62.7 Å². The Morgan fingerprint density at radius 3 is 2.57 bits per heavy atom. The molecular formula is C19H28N2OS. The molecule has 0 aromatic carbocycles. The van der Waals surface area contributed by atoms with E-state index < -0.39 is 0 Å². The van der Waals surface area contributed by atoms with Gasteiger partial charge in [0.05, 0.1) is 17.3 Å². The molecular weight excluding hydrogens is 304 g/mol. The highest BCUT2D eigenvalue weighted by Crippen LogP contribution is 2.61. The van der Waals surface area contributed by atoms with E-state index >= 15 is 0 Å². The molecule has 1 aromatic rings. The van der Waals surface area contributed by atoms with E-state index in [-0.39, 0.29) is 0 Å². The predicted molar refractivity (Wildman–Crippen MR) is 92.7 cm³/mol. The van der Waals surface area contributed by atoms with Gasteiger partial charge < -0.3 is 4.74 Å². The van der Waals surface area contributed by atoms with Crippen molar-refractivity contribution in [1.82, 2.24) is 9.88 Å². The molecule has 5 fully saturated rings. The number of nitrogens with zero attached hydrogens (tertiary/aromatic N) is 2. The number of thiazole rings is 1. The molecule has 4 heteroatoms. The van der Waals surface area contributed by atoms with E-state index in [9.17, 15) is 0 Å². The number of hydrogen-bond acceptors (Lipinski definition) is 4. The normalized spacial score (nSPS) is 40.4. The van der Waals surface area contributed by atoms with Gasteiger partial charge in [0.2, 0.25) is 0 Å². The van der Waals surface area contributed by atoms with Gasteiger partial charge in [0.15, 0.2) is 0 Å². The first-order valence-electron chi connectivity index (χ1n) is 9.54. The largest absolute Gasteiger partial charge is 0.380 e. The lowest BCUT2D eigenvalue weighted by Crippen LogP contribution is -2.48. The third kappa shape index (κ3) is 2.77. The maximum absolute atomic E-state index is 5.57. The van der Waals surface area contributed by atoms with Crippen molar-refractivity contribution >= 4 is 11.3 Å². The number of rotatable bonds is 3. The maximum atomic E-state index is 5.57. The fraction of sp³-hybridized carbons (Fsp3) is 0.842. The Morgan fingerprint density at radius 2 is 1.83 bits per heavy atom. The predicted octanol–water partition coefficient (Wildman–Crippen LogP) is 3.83. The van der Waals surface area contributed by atoms with Crippen LogP contribution in [0.25, 0.3) is 0 Å². The zero-order valence-corrected chi connectivity index (χ0v) is 14.8.